The molecule has 0 saturated carbocycles. The van der Waals surface area contributed by atoms with E-state index in [9.17, 15) is 79.4 Å². The number of halogens is 16. The van der Waals surface area contributed by atoms with Gasteiger partial charge in [0.05, 0.1) is 0 Å². The molecular weight excluding hydrogens is 558 g/mol. The van der Waals surface area contributed by atoms with E-state index in [4.69, 9.17) is 19.6 Å². The summed E-state index contributed by atoms with van der Waals surface area (Å²) >= 11 is 0. The molecule has 4 N–H and O–H groups in total. The van der Waals surface area contributed by atoms with Gasteiger partial charge in [-0.2, -0.15) is 65.9 Å². The topological polar surface area (TPSA) is 115 Å². The van der Waals surface area contributed by atoms with Crippen LogP contribution in [0.4, 0.5) is 70.2 Å². The molecule has 32 heavy (non-hydrogen) atoms. The SMILES string of the molecule is O=P(O)(O)C(F)(C(F)(F)C(F)(F)C(F)(F)C(F)(F)C(F)(F)C(F)(F)C(F)(F)F)P(=O)(O)O. The minimum Gasteiger partial charge on any atom is -0.322 e. The number of hydrogen-bond acceptors (Lipinski definition) is 2. The van der Waals surface area contributed by atoms with E-state index in [2.05, 4.69) is 0 Å². The summed E-state index contributed by atoms with van der Waals surface area (Å²) in [6.07, 6.45) is -7.94. The first-order chi connectivity index (χ1) is 13.2. The molecular formula is C8H4F16O6P2. The molecule has 0 amide bonds. The highest BCUT2D eigenvalue weighted by atomic mass is 31.2. The van der Waals surface area contributed by atoms with E-state index in [-0.39, 0.29) is 0 Å². The Morgan fingerprint density at radius 2 is 0.562 bits per heavy atom. The Morgan fingerprint density at radius 1 is 0.375 bits per heavy atom. The highest BCUT2D eigenvalue weighted by Crippen LogP contribution is 2.78. The molecule has 194 valence electrons. The summed E-state index contributed by atoms with van der Waals surface area (Å²) in [6.45, 7) is 0. The van der Waals surface area contributed by atoms with E-state index in [1.54, 1.807) is 0 Å². The van der Waals surface area contributed by atoms with Gasteiger partial charge < -0.3 is 19.6 Å². The van der Waals surface area contributed by atoms with Crippen LogP contribution >= 0.6 is 15.2 Å². The van der Waals surface area contributed by atoms with Crippen LogP contribution in [0.2, 0.25) is 0 Å². The quantitative estimate of drug-likeness (QED) is 0.259. The molecule has 0 aromatic rings. The van der Waals surface area contributed by atoms with Crippen molar-refractivity contribution in [1.29, 1.82) is 0 Å². The largest absolute Gasteiger partial charge is 0.460 e. The lowest BCUT2D eigenvalue weighted by Crippen LogP contribution is -2.74. The summed E-state index contributed by atoms with van der Waals surface area (Å²) in [4.78, 5) is 32.9. The molecule has 0 aliphatic heterocycles. The van der Waals surface area contributed by atoms with Crippen molar-refractivity contribution in [2.75, 3.05) is 0 Å². The fourth-order valence-corrected chi connectivity index (χ4v) is 4.07. The molecule has 0 unspecified atom stereocenters. The summed E-state index contributed by atoms with van der Waals surface area (Å²) in [5.74, 6) is -52.5. The van der Waals surface area contributed by atoms with Crippen LogP contribution in [0.15, 0.2) is 0 Å². The second-order valence-corrected chi connectivity index (χ2v) is 9.38. The van der Waals surface area contributed by atoms with Crippen molar-refractivity contribution in [3.05, 3.63) is 0 Å². The molecule has 0 fully saturated rings. The monoisotopic (exact) mass is 562 g/mol. The summed E-state index contributed by atoms with van der Waals surface area (Å²) < 4.78 is 229. The second kappa shape index (κ2) is 7.34. The van der Waals surface area contributed by atoms with Crippen LogP contribution in [0.1, 0.15) is 0 Å². The molecule has 0 aromatic carbocycles. The second-order valence-electron chi connectivity index (χ2n) is 5.62. The molecule has 6 nitrogen and oxygen atoms in total. The first-order valence-electron chi connectivity index (χ1n) is 6.39. The molecule has 0 aromatic heterocycles. The van der Waals surface area contributed by atoms with Crippen molar-refractivity contribution in [2.24, 2.45) is 0 Å². The lowest BCUT2D eigenvalue weighted by molar-refractivity contribution is -0.454. The normalized spacial score (nSPS) is 17.0. The average molecular weight is 562 g/mol. The number of rotatable bonds is 8. The summed E-state index contributed by atoms with van der Waals surface area (Å²) in [5.41, 5.74) is 0. The lowest BCUT2D eigenvalue weighted by atomic mass is 9.91. The molecule has 0 saturated heterocycles. The lowest BCUT2D eigenvalue weighted by Gasteiger charge is -2.44. The van der Waals surface area contributed by atoms with Crippen LogP contribution in [0.25, 0.3) is 0 Å². The van der Waals surface area contributed by atoms with Crippen LogP contribution < -0.4 is 0 Å². The molecule has 0 bridgehead atoms. The minimum absolute atomic E-state index is 7.60. The van der Waals surface area contributed by atoms with Crippen LogP contribution in [-0.4, -0.2) is 66.4 Å². The Kier molecular flexibility index (Phi) is 7.15. The van der Waals surface area contributed by atoms with Gasteiger partial charge in [-0.1, -0.05) is 0 Å². The van der Waals surface area contributed by atoms with Crippen molar-refractivity contribution in [3.8, 4) is 0 Å². The maximum atomic E-state index is 13.9. The predicted octanol–water partition coefficient (Wildman–Crippen LogP) is 4.34. The number of alkyl halides is 16. The Hall–Kier alpha value is -0.820. The van der Waals surface area contributed by atoms with Crippen LogP contribution in [0.5, 0.6) is 0 Å². The van der Waals surface area contributed by atoms with Gasteiger partial charge in [0.25, 0.3) is 0 Å². The summed E-state index contributed by atoms with van der Waals surface area (Å²) in [6, 6.07) is 0. The van der Waals surface area contributed by atoms with Gasteiger partial charge in [-0.25, -0.2) is 4.39 Å². The maximum Gasteiger partial charge on any atom is 0.460 e. The van der Waals surface area contributed by atoms with E-state index >= 15 is 0 Å². The van der Waals surface area contributed by atoms with Gasteiger partial charge >= 0.3 is 62.1 Å². The van der Waals surface area contributed by atoms with Crippen LogP contribution in [0.3, 0.4) is 0 Å². The third-order valence-corrected chi connectivity index (χ3v) is 7.17. The summed E-state index contributed by atoms with van der Waals surface area (Å²) in [7, 11) is -16.4. The third kappa shape index (κ3) is 3.60. The molecule has 0 aliphatic rings. The third-order valence-electron chi connectivity index (χ3n) is 3.50. The fourth-order valence-electron chi connectivity index (χ4n) is 1.70. The molecule has 0 radical (unpaired) electrons. The number of hydrogen-bond donors (Lipinski definition) is 4. The minimum atomic E-state index is -9.00. The van der Waals surface area contributed by atoms with E-state index < -0.39 is 62.1 Å². The van der Waals surface area contributed by atoms with Crippen molar-refractivity contribution >= 4 is 15.2 Å². The van der Waals surface area contributed by atoms with Gasteiger partial charge in [0.1, 0.15) is 0 Å². The standard InChI is InChI=1S/C8H4F16O6P2/c9-1(10,3(13,14)5(17,18)7(21,22)23)2(11,12)4(15,16)6(19,20)8(24,31(25,26)27)32(28,29)30/h(H2,25,26,27)(H2,28,29,30). The van der Waals surface area contributed by atoms with Gasteiger partial charge in [-0.05, 0) is 0 Å². The highest BCUT2D eigenvalue weighted by Gasteiger charge is 2.97. The Morgan fingerprint density at radius 3 is 0.750 bits per heavy atom. The summed E-state index contributed by atoms with van der Waals surface area (Å²) in [5, 5.41) is -7.60. The van der Waals surface area contributed by atoms with Crippen LogP contribution in [-0.2, 0) is 9.13 Å². The zero-order chi connectivity index (χ0) is 27.0. The first-order valence-corrected chi connectivity index (χ1v) is 9.61. The zero-order valence-corrected chi connectivity index (χ0v) is 15.3. The van der Waals surface area contributed by atoms with Gasteiger partial charge in [-0.3, -0.25) is 9.13 Å². The highest BCUT2D eigenvalue weighted by molar-refractivity contribution is 7.72. The van der Waals surface area contributed by atoms with Crippen molar-refractivity contribution in [2.45, 2.75) is 46.9 Å². The van der Waals surface area contributed by atoms with Crippen molar-refractivity contribution < 1.29 is 99.0 Å². The maximum absolute atomic E-state index is 13.9. The molecule has 24 heteroatoms. The van der Waals surface area contributed by atoms with E-state index in [0.717, 1.165) is 0 Å². The first kappa shape index (κ1) is 31.2. The van der Waals surface area contributed by atoms with Crippen LogP contribution in [0, 0.1) is 0 Å². The van der Waals surface area contributed by atoms with Crippen molar-refractivity contribution in [1.82, 2.24) is 0 Å². The molecule has 0 spiro atoms. The Bertz CT molecular complexity index is 801. The fraction of sp³-hybridized carbons (Fsp3) is 1.00. The van der Waals surface area contributed by atoms with Gasteiger partial charge in [0.15, 0.2) is 0 Å². The Labute approximate surface area is 162 Å². The molecule has 0 heterocycles. The van der Waals surface area contributed by atoms with Gasteiger partial charge in [-0.15, -0.1) is 0 Å². The predicted molar refractivity (Wildman–Crippen MR) is 63.7 cm³/mol. The average Bonchev–Trinajstić information content (AvgIpc) is 2.49. The smallest absolute Gasteiger partial charge is 0.322 e. The molecule has 0 rings (SSSR count). The zero-order valence-electron chi connectivity index (χ0n) is 13.5. The molecule has 0 atom stereocenters. The Balaban J connectivity index is 7.26. The van der Waals surface area contributed by atoms with Crippen molar-refractivity contribution in [3.63, 3.8) is 0 Å². The van der Waals surface area contributed by atoms with E-state index in [0.29, 0.717) is 0 Å². The van der Waals surface area contributed by atoms with Gasteiger partial charge in [0, 0.05) is 0 Å². The van der Waals surface area contributed by atoms with E-state index in [1.807, 2.05) is 0 Å². The van der Waals surface area contributed by atoms with Gasteiger partial charge in [0.2, 0.25) is 0 Å². The molecule has 0 aliphatic carbocycles. The van der Waals surface area contributed by atoms with E-state index in [1.165, 1.54) is 0 Å².